The van der Waals surface area contributed by atoms with E-state index in [0.717, 1.165) is 12.0 Å². The number of anilines is 1. The third-order valence-electron chi connectivity index (χ3n) is 3.37. The van der Waals surface area contributed by atoms with Gasteiger partial charge in [-0.1, -0.05) is 6.92 Å². The number of aromatic nitrogens is 3. The van der Waals surface area contributed by atoms with Gasteiger partial charge in [-0.05, 0) is 36.2 Å². The molecule has 0 amide bonds. The molecule has 0 radical (unpaired) electrons. The molecule has 0 saturated heterocycles. The first-order valence-corrected chi connectivity index (χ1v) is 7.07. The van der Waals surface area contributed by atoms with Gasteiger partial charge in [-0.3, -0.25) is 14.3 Å². The average molecular weight is 296 g/mol. The second-order valence-corrected chi connectivity index (χ2v) is 4.86. The maximum atomic E-state index is 12.9. The van der Waals surface area contributed by atoms with E-state index in [-0.39, 0.29) is 11.5 Å². The molecule has 0 fully saturated rings. The summed E-state index contributed by atoms with van der Waals surface area (Å²) in [5.74, 6) is 0.704. The second-order valence-electron chi connectivity index (χ2n) is 4.86. The fraction of sp³-hybridized carbons (Fsp3) is 0.188. The first-order chi connectivity index (χ1) is 10.7. The van der Waals surface area contributed by atoms with E-state index in [0.29, 0.717) is 23.6 Å². The molecule has 112 valence electrons. The third kappa shape index (κ3) is 2.39. The number of nitrogens with two attached hydrogens (primary N) is 1. The lowest BCUT2D eigenvalue weighted by Gasteiger charge is -2.13. The Morgan fingerprint density at radius 1 is 1.27 bits per heavy atom. The minimum atomic E-state index is -0.174. The fourth-order valence-electron chi connectivity index (χ4n) is 2.38. The van der Waals surface area contributed by atoms with Crippen LogP contribution in [0.2, 0.25) is 0 Å². The Bertz CT molecular complexity index is 823. The summed E-state index contributed by atoms with van der Waals surface area (Å²) in [6.07, 6.45) is 5.62. The Kier molecular flexibility index (Phi) is 3.74. The van der Waals surface area contributed by atoms with Crippen molar-refractivity contribution in [3.8, 4) is 22.6 Å². The van der Waals surface area contributed by atoms with E-state index in [1.165, 1.54) is 4.57 Å². The predicted molar refractivity (Wildman–Crippen MR) is 84.1 cm³/mol. The molecular formula is C16H16N4O2. The van der Waals surface area contributed by atoms with Crippen LogP contribution in [0.1, 0.15) is 13.3 Å². The van der Waals surface area contributed by atoms with Gasteiger partial charge < -0.3 is 10.2 Å². The molecule has 0 aromatic carbocycles. The van der Waals surface area contributed by atoms with E-state index in [1.54, 1.807) is 42.9 Å². The third-order valence-corrected chi connectivity index (χ3v) is 3.37. The summed E-state index contributed by atoms with van der Waals surface area (Å²) in [6.45, 7) is 2.51. The maximum absolute atomic E-state index is 12.9. The summed E-state index contributed by atoms with van der Waals surface area (Å²) in [7, 11) is 0. The molecule has 0 spiro atoms. The lowest BCUT2D eigenvalue weighted by Crippen LogP contribution is -2.26. The highest BCUT2D eigenvalue weighted by Crippen LogP contribution is 2.28. The molecule has 0 saturated carbocycles. The first kappa shape index (κ1) is 14.1. The predicted octanol–water partition coefficient (Wildman–Crippen LogP) is 2.56. The van der Waals surface area contributed by atoms with Crippen molar-refractivity contribution in [1.29, 1.82) is 0 Å². The number of rotatable bonds is 4. The molecule has 0 unspecified atom stereocenters. The molecule has 0 aliphatic carbocycles. The molecule has 0 bridgehead atoms. The summed E-state index contributed by atoms with van der Waals surface area (Å²) in [4.78, 5) is 21.3. The van der Waals surface area contributed by atoms with Gasteiger partial charge >= 0.3 is 0 Å². The van der Waals surface area contributed by atoms with Crippen molar-refractivity contribution < 1.29 is 4.42 Å². The lowest BCUT2D eigenvalue weighted by atomic mass is 10.1. The zero-order valence-electron chi connectivity index (χ0n) is 12.2. The van der Waals surface area contributed by atoms with Gasteiger partial charge in [0, 0.05) is 18.9 Å². The van der Waals surface area contributed by atoms with Gasteiger partial charge in [0.25, 0.3) is 5.56 Å². The number of furan rings is 1. The SMILES string of the molecule is CCCn1c(N)nc(-c2ccco2)c(-c2ccncc2)c1=O. The van der Waals surface area contributed by atoms with Gasteiger partial charge in [-0.2, -0.15) is 0 Å². The zero-order chi connectivity index (χ0) is 15.5. The largest absolute Gasteiger partial charge is 0.463 e. The van der Waals surface area contributed by atoms with Gasteiger partial charge in [0.1, 0.15) is 5.69 Å². The van der Waals surface area contributed by atoms with Gasteiger partial charge in [-0.25, -0.2) is 4.98 Å². The van der Waals surface area contributed by atoms with E-state index in [2.05, 4.69) is 9.97 Å². The molecule has 6 nitrogen and oxygen atoms in total. The van der Waals surface area contributed by atoms with Gasteiger partial charge in [0.05, 0.1) is 11.8 Å². The zero-order valence-corrected chi connectivity index (χ0v) is 12.2. The van der Waals surface area contributed by atoms with Crippen LogP contribution in [-0.4, -0.2) is 14.5 Å². The van der Waals surface area contributed by atoms with Crippen molar-refractivity contribution in [2.45, 2.75) is 19.9 Å². The van der Waals surface area contributed by atoms with Crippen molar-refractivity contribution in [3.05, 3.63) is 53.3 Å². The normalized spacial score (nSPS) is 10.8. The number of nitrogens with zero attached hydrogens (tertiary/aromatic N) is 3. The van der Waals surface area contributed by atoms with Crippen LogP contribution in [0.15, 0.2) is 52.1 Å². The van der Waals surface area contributed by atoms with Crippen molar-refractivity contribution in [2.75, 3.05) is 5.73 Å². The van der Waals surface area contributed by atoms with E-state index < -0.39 is 0 Å². The molecule has 3 aromatic rings. The van der Waals surface area contributed by atoms with Crippen molar-refractivity contribution in [2.24, 2.45) is 0 Å². The molecule has 3 aromatic heterocycles. The number of hydrogen-bond donors (Lipinski definition) is 1. The lowest BCUT2D eigenvalue weighted by molar-refractivity contribution is 0.578. The average Bonchev–Trinajstić information content (AvgIpc) is 3.06. The molecule has 3 heterocycles. The van der Waals surface area contributed by atoms with Crippen LogP contribution >= 0.6 is 0 Å². The van der Waals surface area contributed by atoms with Crippen LogP contribution in [-0.2, 0) is 6.54 Å². The van der Waals surface area contributed by atoms with Gasteiger partial charge in [-0.15, -0.1) is 0 Å². The van der Waals surface area contributed by atoms with Gasteiger partial charge in [0.15, 0.2) is 5.76 Å². The van der Waals surface area contributed by atoms with E-state index in [4.69, 9.17) is 10.2 Å². The van der Waals surface area contributed by atoms with Crippen molar-refractivity contribution >= 4 is 5.95 Å². The molecule has 2 N–H and O–H groups in total. The van der Waals surface area contributed by atoms with Crippen LogP contribution < -0.4 is 11.3 Å². The molecule has 0 aliphatic rings. The standard InChI is InChI=1S/C16H16N4O2/c1-2-9-20-15(21)13(11-5-7-18-8-6-11)14(19-16(20)17)12-4-3-10-22-12/h3-8,10H,2,9H2,1H3,(H2,17,19). The summed E-state index contributed by atoms with van der Waals surface area (Å²) in [5, 5.41) is 0. The molecule has 3 rings (SSSR count). The summed E-state index contributed by atoms with van der Waals surface area (Å²) in [6, 6.07) is 7.06. The van der Waals surface area contributed by atoms with Crippen LogP contribution in [0.25, 0.3) is 22.6 Å². The Labute approximate surface area is 127 Å². The van der Waals surface area contributed by atoms with E-state index in [1.807, 2.05) is 6.92 Å². The summed E-state index contributed by atoms with van der Waals surface area (Å²) >= 11 is 0. The Hall–Kier alpha value is -2.89. The Morgan fingerprint density at radius 2 is 2.05 bits per heavy atom. The van der Waals surface area contributed by atoms with Crippen LogP contribution in [0.5, 0.6) is 0 Å². The second kappa shape index (κ2) is 5.85. The molecule has 22 heavy (non-hydrogen) atoms. The quantitative estimate of drug-likeness (QED) is 0.799. The van der Waals surface area contributed by atoms with Crippen LogP contribution in [0.4, 0.5) is 5.95 Å². The monoisotopic (exact) mass is 296 g/mol. The number of pyridine rings is 1. The smallest absolute Gasteiger partial charge is 0.263 e. The minimum Gasteiger partial charge on any atom is -0.463 e. The highest BCUT2D eigenvalue weighted by Gasteiger charge is 2.19. The highest BCUT2D eigenvalue weighted by molar-refractivity contribution is 5.78. The van der Waals surface area contributed by atoms with Crippen LogP contribution in [0, 0.1) is 0 Å². The topological polar surface area (TPSA) is 86.9 Å². The fourth-order valence-corrected chi connectivity index (χ4v) is 2.38. The van der Waals surface area contributed by atoms with Gasteiger partial charge in [0.2, 0.25) is 5.95 Å². The Morgan fingerprint density at radius 3 is 2.68 bits per heavy atom. The number of hydrogen-bond acceptors (Lipinski definition) is 5. The molecule has 0 aliphatic heterocycles. The molecule has 0 atom stereocenters. The van der Waals surface area contributed by atoms with Crippen molar-refractivity contribution in [1.82, 2.24) is 14.5 Å². The minimum absolute atomic E-state index is 0.174. The van der Waals surface area contributed by atoms with E-state index >= 15 is 0 Å². The summed E-state index contributed by atoms with van der Waals surface area (Å²) < 4.78 is 6.90. The van der Waals surface area contributed by atoms with E-state index in [9.17, 15) is 4.79 Å². The molecular weight excluding hydrogens is 280 g/mol. The van der Waals surface area contributed by atoms with Crippen LogP contribution in [0.3, 0.4) is 0 Å². The molecule has 6 heteroatoms. The Balaban J connectivity index is 2.33. The first-order valence-electron chi connectivity index (χ1n) is 7.07. The van der Waals surface area contributed by atoms with Crippen molar-refractivity contribution in [3.63, 3.8) is 0 Å². The summed E-state index contributed by atoms with van der Waals surface area (Å²) in [5.41, 5.74) is 7.45. The highest BCUT2D eigenvalue weighted by atomic mass is 16.3. The number of nitrogen functional groups attached to an aromatic ring is 1. The maximum Gasteiger partial charge on any atom is 0.263 e.